The third kappa shape index (κ3) is 3.87. The van der Waals surface area contributed by atoms with Gasteiger partial charge in [0.05, 0.1) is 6.21 Å². The molecular weight excluding hydrogens is 336 g/mol. The molecule has 2 heterocycles. The summed E-state index contributed by atoms with van der Waals surface area (Å²) in [5, 5.41) is 4.16. The smallest absolute Gasteiger partial charge is 0.271 e. The number of hydrogen-bond acceptors (Lipinski definition) is 4. The van der Waals surface area contributed by atoms with Gasteiger partial charge in [0.1, 0.15) is 0 Å². The highest BCUT2D eigenvalue weighted by atomic mass is 16.2. The van der Waals surface area contributed by atoms with E-state index in [9.17, 15) is 4.79 Å². The first-order valence-electron chi connectivity index (χ1n) is 9.49. The highest BCUT2D eigenvalue weighted by molar-refractivity contribution is 5.95. The molecule has 1 N–H and O–H groups in total. The molecule has 3 rings (SSSR count). The van der Waals surface area contributed by atoms with Gasteiger partial charge in [-0.25, -0.2) is 5.43 Å². The number of hydrazone groups is 1. The van der Waals surface area contributed by atoms with Crippen LogP contribution in [0.25, 0.3) is 0 Å². The number of anilines is 1. The Morgan fingerprint density at radius 3 is 2.74 bits per heavy atom. The molecule has 0 saturated carbocycles. The van der Waals surface area contributed by atoms with Gasteiger partial charge in [0.25, 0.3) is 5.91 Å². The van der Waals surface area contributed by atoms with Crippen molar-refractivity contribution in [2.24, 2.45) is 5.10 Å². The van der Waals surface area contributed by atoms with Crippen LogP contribution in [0.15, 0.2) is 41.8 Å². The molecule has 0 fully saturated rings. The summed E-state index contributed by atoms with van der Waals surface area (Å²) in [5.74, 6) is 0.244. The zero-order valence-electron chi connectivity index (χ0n) is 16.8. The van der Waals surface area contributed by atoms with Gasteiger partial charge in [-0.05, 0) is 81.0 Å². The van der Waals surface area contributed by atoms with E-state index in [-0.39, 0.29) is 11.4 Å². The lowest BCUT2D eigenvalue weighted by atomic mass is 9.79. The van der Waals surface area contributed by atoms with Crippen LogP contribution in [0.1, 0.15) is 67.1 Å². The van der Waals surface area contributed by atoms with E-state index in [0.29, 0.717) is 11.5 Å². The van der Waals surface area contributed by atoms with Gasteiger partial charge in [0.2, 0.25) is 0 Å². The van der Waals surface area contributed by atoms with E-state index >= 15 is 0 Å². The van der Waals surface area contributed by atoms with Gasteiger partial charge in [0, 0.05) is 35.7 Å². The largest absolute Gasteiger partial charge is 0.366 e. The van der Waals surface area contributed by atoms with Gasteiger partial charge in [-0.2, -0.15) is 5.10 Å². The van der Waals surface area contributed by atoms with Crippen LogP contribution in [0.4, 0.5) is 5.69 Å². The van der Waals surface area contributed by atoms with Crippen LogP contribution in [-0.4, -0.2) is 29.2 Å². The van der Waals surface area contributed by atoms with Crippen LogP contribution in [0.2, 0.25) is 0 Å². The molecule has 1 aromatic heterocycles. The Kier molecular flexibility index (Phi) is 5.31. The summed E-state index contributed by atoms with van der Waals surface area (Å²) in [5.41, 5.74) is 8.14. The van der Waals surface area contributed by atoms with Crippen LogP contribution in [0.3, 0.4) is 0 Å². The first-order chi connectivity index (χ1) is 12.8. The molecule has 1 aromatic carbocycles. The number of nitrogens with one attached hydrogen (secondary N) is 1. The summed E-state index contributed by atoms with van der Waals surface area (Å²) in [6.07, 6.45) is 6.03. The van der Waals surface area contributed by atoms with Crippen LogP contribution in [-0.2, 0) is 0 Å². The minimum absolute atomic E-state index is 0.154. The topological polar surface area (TPSA) is 57.6 Å². The van der Waals surface area contributed by atoms with E-state index in [2.05, 4.69) is 67.2 Å². The maximum Gasteiger partial charge on any atom is 0.271 e. The van der Waals surface area contributed by atoms with E-state index in [0.717, 1.165) is 24.1 Å². The van der Waals surface area contributed by atoms with Crippen molar-refractivity contribution in [1.29, 1.82) is 0 Å². The van der Waals surface area contributed by atoms with E-state index in [1.807, 2.05) is 0 Å². The fourth-order valence-corrected chi connectivity index (χ4v) is 4.12. The Morgan fingerprint density at radius 2 is 2.07 bits per heavy atom. The first kappa shape index (κ1) is 19.1. The van der Waals surface area contributed by atoms with Gasteiger partial charge in [-0.15, -0.1) is 0 Å². The molecule has 27 heavy (non-hydrogen) atoms. The molecule has 5 heteroatoms. The number of carbonyl (C=O) groups is 1. The summed E-state index contributed by atoms with van der Waals surface area (Å²) in [6, 6.07) is 7.80. The van der Waals surface area contributed by atoms with Crippen molar-refractivity contribution in [2.75, 3.05) is 11.4 Å². The van der Waals surface area contributed by atoms with Gasteiger partial charge >= 0.3 is 0 Å². The fraction of sp³-hybridized carbons (Fsp3) is 0.409. The summed E-state index contributed by atoms with van der Waals surface area (Å²) in [6.45, 7) is 12.2. The number of pyridine rings is 1. The van der Waals surface area contributed by atoms with Gasteiger partial charge < -0.3 is 4.90 Å². The lowest BCUT2D eigenvalue weighted by Crippen LogP contribution is -2.48. The highest BCUT2D eigenvalue weighted by Gasteiger charge is 2.35. The Labute approximate surface area is 161 Å². The number of rotatable bonds is 4. The van der Waals surface area contributed by atoms with Crippen molar-refractivity contribution in [3.05, 3.63) is 58.9 Å². The number of nitrogens with zero attached hydrogens (tertiary/aromatic N) is 3. The normalized spacial score (nSPS) is 18.4. The zero-order chi connectivity index (χ0) is 19.6. The number of aromatic nitrogens is 1. The summed E-state index contributed by atoms with van der Waals surface area (Å²) < 4.78 is 0. The summed E-state index contributed by atoms with van der Waals surface area (Å²) in [4.78, 5) is 18.5. The molecule has 0 aliphatic carbocycles. The number of amides is 1. The molecule has 5 nitrogen and oxygen atoms in total. The van der Waals surface area contributed by atoms with Crippen LogP contribution < -0.4 is 10.3 Å². The van der Waals surface area contributed by atoms with Gasteiger partial charge in [-0.3, -0.25) is 9.78 Å². The van der Waals surface area contributed by atoms with Crippen molar-refractivity contribution < 1.29 is 4.79 Å². The molecule has 0 saturated heterocycles. The van der Waals surface area contributed by atoms with E-state index < -0.39 is 0 Å². The lowest BCUT2D eigenvalue weighted by molar-refractivity contribution is 0.0955. The van der Waals surface area contributed by atoms with Crippen molar-refractivity contribution in [3.8, 4) is 0 Å². The molecule has 0 spiro atoms. The Morgan fingerprint density at radius 1 is 1.37 bits per heavy atom. The predicted octanol–water partition coefficient (Wildman–Crippen LogP) is 4.27. The predicted molar refractivity (Wildman–Crippen MR) is 111 cm³/mol. The Hall–Kier alpha value is -2.69. The molecule has 0 bridgehead atoms. The molecule has 1 atom stereocenters. The molecule has 1 aliphatic heterocycles. The van der Waals surface area contributed by atoms with Crippen molar-refractivity contribution >= 4 is 17.8 Å². The second kappa shape index (κ2) is 7.51. The molecule has 142 valence electrons. The van der Waals surface area contributed by atoms with Gasteiger partial charge in [0.15, 0.2) is 0 Å². The maximum atomic E-state index is 12.1. The molecule has 1 amide bonds. The number of aryl methyl sites for hydroxylation is 1. The molecule has 2 aromatic rings. The minimum Gasteiger partial charge on any atom is -0.366 e. The molecule has 0 radical (unpaired) electrons. The standard InChI is InChI=1S/C22H28N4O/c1-6-26-20-11-15(2)18(12-19(20)16(3)13-22(26,4)5)14-24-25-21(27)17-7-9-23-10-8-17/h7-12,14,16H,6,13H2,1-5H3,(H,25,27)/b24-14+. The summed E-state index contributed by atoms with van der Waals surface area (Å²) >= 11 is 0. The SMILES string of the molecule is CCN1c2cc(C)c(/C=N/NC(=O)c3ccncc3)cc2C(C)CC1(C)C. The quantitative estimate of drug-likeness (QED) is 0.651. The van der Waals surface area contributed by atoms with E-state index in [1.165, 1.54) is 11.3 Å². The molecular formula is C22H28N4O. The average molecular weight is 364 g/mol. The van der Waals surface area contributed by atoms with Crippen LogP contribution >= 0.6 is 0 Å². The third-order valence-corrected chi connectivity index (χ3v) is 5.40. The first-order valence-corrected chi connectivity index (χ1v) is 9.49. The number of benzene rings is 1. The van der Waals surface area contributed by atoms with Crippen LogP contribution in [0, 0.1) is 6.92 Å². The van der Waals surface area contributed by atoms with Crippen molar-refractivity contribution in [2.45, 2.75) is 52.5 Å². The maximum absolute atomic E-state index is 12.1. The van der Waals surface area contributed by atoms with Gasteiger partial charge in [-0.1, -0.05) is 6.92 Å². The number of hydrogen-bond donors (Lipinski definition) is 1. The second-order valence-corrected chi connectivity index (χ2v) is 7.86. The lowest BCUT2D eigenvalue weighted by Gasteiger charge is -2.47. The monoisotopic (exact) mass is 364 g/mol. The number of carbonyl (C=O) groups excluding carboxylic acids is 1. The van der Waals surface area contributed by atoms with Crippen molar-refractivity contribution in [3.63, 3.8) is 0 Å². The highest BCUT2D eigenvalue weighted by Crippen LogP contribution is 2.43. The van der Waals surface area contributed by atoms with E-state index in [1.54, 1.807) is 30.7 Å². The summed E-state index contributed by atoms with van der Waals surface area (Å²) in [7, 11) is 0. The zero-order valence-corrected chi connectivity index (χ0v) is 16.8. The third-order valence-electron chi connectivity index (χ3n) is 5.40. The Balaban J connectivity index is 1.84. The van der Waals surface area contributed by atoms with E-state index in [4.69, 9.17) is 0 Å². The minimum atomic E-state index is -0.239. The molecule has 1 aliphatic rings. The molecule has 1 unspecified atom stereocenters. The number of fused-ring (bicyclic) bond motifs is 1. The second-order valence-electron chi connectivity index (χ2n) is 7.86. The Bertz CT molecular complexity index is 858. The van der Waals surface area contributed by atoms with Crippen molar-refractivity contribution in [1.82, 2.24) is 10.4 Å². The van der Waals surface area contributed by atoms with Crippen LogP contribution in [0.5, 0.6) is 0 Å². The average Bonchev–Trinajstić information content (AvgIpc) is 2.63. The fourth-order valence-electron chi connectivity index (χ4n) is 4.12.